The Morgan fingerprint density at radius 3 is 2.30 bits per heavy atom. The van der Waals surface area contributed by atoms with Crippen LogP contribution in [0.25, 0.3) is 10.9 Å². The van der Waals surface area contributed by atoms with Crippen LogP contribution >= 0.6 is 0 Å². The number of ether oxygens (including phenoxy) is 1. The molecule has 0 radical (unpaired) electrons. The normalized spacial score (nSPS) is 12.1. The molecule has 0 saturated heterocycles. The van der Waals surface area contributed by atoms with Crippen LogP contribution in [-0.2, 0) is 13.0 Å². The van der Waals surface area contributed by atoms with Crippen LogP contribution in [0.5, 0.6) is 5.75 Å². The third kappa shape index (κ3) is 4.54. The lowest BCUT2D eigenvalue weighted by atomic mass is 9.86. The van der Waals surface area contributed by atoms with Crippen LogP contribution in [0, 0.1) is 6.92 Å². The molecule has 0 aliphatic rings. The number of nitrogens with zero attached hydrogens (tertiary/aromatic N) is 2. The standard InChI is InChI=1S/C30H28N2O/c1-22-20-32(21-24-8-11-27(33-2)12-9-24)30-19-26(10-13-28(22)30)29(25-6-4-3-5-7-25)18-23-14-16-31-17-15-23/h3-17,19-20,29H,18,21H2,1-2H3. The van der Waals surface area contributed by atoms with Crippen LogP contribution < -0.4 is 4.74 Å². The van der Waals surface area contributed by atoms with Gasteiger partial charge in [-0.1, -0.05) is 54.6 Å². The van der Waals surface area contributed by atoms with E-state index in [0.717, 1.165) is 18.7 Å². The fourth-order valence-corrected chi connectivity index (χ4v) is 4.64. The molecule has 3 heteroatoms. The Morgan fingerprint density at radius 2 is 1.58 bits per heavy atom. The molecule has 0 aliphatic heterocycles. The monoisotopic (exact) mass is 432 g/mol. The van der Waals surface area contributed by atoms with Gasteiger partial charge in [0.2, 0.25) is 0 Å². The SMILES string of the molecule is COc1ccc(Cn2cc(C)c3ccc(C(Cc4ccncc4)c4ccccc4)cc32)cc1. The first-order valence-electron chi connectivity index (χ1n) is 11.4. The van der Waals surface area contributed by atoms with Gasteiger partial charge in [0.05, 0.1) is 7.11 Å². The number of hydrogen-bond acceptors (Lipinski definition) is 2. The maximum Gasteiger partial charge on any atom is 0.118 e. The highest BCUT2D eigenvalue weighted by molar-refractivity contribution is 5.84. The zero-order valence-corrected chi connectivity index (χ0v) is 19.1. The molecule has 0 saturated carbocycles. The summed E-state index contributed by atoms with van der Waals surface area (Å²) in [7, 11) is 1.70. The molecule has 1 unspecified atom stereocenters. The quantitative estimate of drug-likeness (QED) is 0.284. The van der Waals surface area contributed by atoms with Crippen LogP contribution in [0.1, 0.15) is 33.7 Å². The third-order valence-corrected chi connectivity index (χ3v) is 6.41. The minimum Gasteiger partial charge on any atom is -0.497 e. The van der Waals surface area contributed by atoms with Gasteiger partial charge in [0.25, 0.3) is 0 Å². The van der Waals surface area contributed by atoms with E-state index in [-0.39, 0.29) is 5.92 Å². The van der Waals surface area contributed by atoms with Crippen LogP contribution in [-0.4, -0.2) is 16.7 Å². The predicted octanol–water partition coefficient (Wildman–Crippen LogP) is 6.78. The average molecular weight is 433 g/mol. The molecule has 3 nitrogen and oxygen atoms in total. The van der Waals surface area contributed by atoms with Crippen molar-refractivity contribution in [2.24, 2.45) is 0 Å². The van der Waals surface area contributed by atoms with Gasteiger partial charge in [0, 0.05) is 42.0 Å². The summed E-state index contributed by atoms with van der Waals surface area (Å²) in [5.74, 6) is 1.17. The van der Waals surface area contributed by atoms with Gasteiger partial charge < -0.3 is 9.30 Å². The number of aryl methyl sites for hydroxylation is 1. The van der Waals surface area contributed by atoms with E-state index in [4.69, 9.17) is 4.74 Å². The summed E-state index contributed by atoms with van der Waals surface area (Å²) in [6.45, 7) is 3.02. The molecule has 0 fully saturated rings. The highest BCUT2D eigenvalue weighted by Gasteiger charge is 2.17. The van der Waals surface area contributed by atoms with E-state index in [0.29, 0.717) is 0 Å². The van der Waals surface area contributed by atoms with Crippen molar-refractivity contribution in [2.45, 2.75) is 25.8 Å². The lowest BCUT2D eigenvalue weighted by Gasteiger charge is -2.19. The fourth-order valence-electron chi connectivity index (χ4n) is 4.64. The lowest BCUT2D eigenvalue weighted by Crippen LogP contribution is -2.06. The molecular weight excluding hydrogens is 404 g/mol. The summed E-state index contributed by atoms with van der Waals surface area (Å²) in [4.78, 5) is 4.19. The van der Waals surface area contributed by atoms with Gasteiger partial charge in [-0.05, 0) is 71.5 Å². The first-order valence-corrected chi connectivity index (χ1v) is 11.4. The van der Waals surface area contributed by atoms with Crippen molar-refractivity contribution in [1.82, 2.24) is 9.55 Å². The molecule has 33 heavy (non-hydrogen) atoms. The smallest absolute Gasteiger partial charge is 0.118 e. The van der Waals surface area contributed by atoms with Gasteiger partial charge in [0.15, 0.2) is 0 Å². The molecule has 2 heterocycles. The zero-order chi connectivity index (χ0) is 22.6. The Balaban J connectivity index is 1.55. The Bertz CT molecular complexity index is 1340. The van der Waals surface area contributed by atoms with Gasteiger partial charge in [-0.15, -0.1) is 0 Å². The maximum atomic E-state index is 5.32. The molecule has 0 amide bonds. The minimum absolute atomic E-state index is 0.280. The Morgan fingerprint density at radius 1 is 0.818 bits per heavy atom. The molecule has 1 atom stereocenters. The van der Waals surface area contributed by atoms with Gasteiger partial charge >= 0.3 is 0 Å². The van der Waals surface area contributed by atoms with E-state index in [1.807, 2.05) is 24.5 Å². The minimum atomic E-state index is 0.280. The molecule has 3 aromatic carbocycles. The number of aromatic nitrogens is 2. The van der Waals surface area contributed by atoms with E-state index < -0.39 is 0 Å². The van der Waals surface area contributed by atoms with Crippen molar-refractivity contribution in [2.75, 3.05) is 7.11 Å². The van der Waals surface area contributed by atoms with Crippen molar-refractivity contribution >= 4 is 10.9 Å². The van der Waals surface area contributed by atoms with Gasteiger partial charge in [-0.3, -0.25) is 4.98 Å². The molecule has 5 aromatic rings. The summed E-state index contributed by atoms with van der Waals surface area (Å²) in [5.41, 5.74) is 7.79. The van der Waals surface area contributed by atoms with Gasteiger partial charge in [0.1, 0.15) is 5.75 Å². The molecule has 0 bridgehead atoms. The van der Waals surface area contributed by atoms with Crippen molar-refractivity contribution in [1.29, 1.82) is 0 Å². The number of hydrogen-bond donors (Lipinski definition) is 0. The topological polar surface area (TPSA) is 27.1 Å². The fraction of sp³-hybridized carbons (Fsp3) is 0.167. The molecule has 2 aromatic heterocycles. The van der Waals surface area contributed by atoms with E-state index >= 15 is 0 Å². The Labute approximate surface area is 195 Å². The van der Waals surface area contributed by atoms with Crippen LogP contribution in [0.15, 0.2) is 104 Å². The number of methoxy groups -OCH3 is 1. The first kappa shape index (κ1) is 21.0. The average Bonchev–Trinajstić information content (AvgIpc) is 3.18. The first-order chi connectivity index (χ1) is 16.2. The van der Waals surface area contributed by atoms with Crippen molar-refractivity contribution < 1.29 is 4.74 Å². The zero-order valence-electron chi connectivity index (χ0n) is 19.1. The second-order valence-electron chi connectivity index (χ2n) is 8.59. The van der Waals surface area contributed by atoms with Crippen LogP contribution in [0.2, 0.25) is 0 Å². The molecule has 0 N–H and O–H groups in total. The van der Waals surface area contributed by atoms with Crippen molar-refractivity contribution in [3.05, 3.63) is 131 Å². The summed E-state index contributed by atoms with van der Waals surface area (Å²) in [5, 5.41) is 1.31. The molecule has 0 aliphatic carbocycles. The van der Waals surface area contributed by atoms with Crippen molar-refractivity contribution in [3.63, 3.8) is 0 Å². The number of benzene rings is 3. The molecular formula is C30H28N2O. The second-order valence-corrected chi connectivity index (χ2v) is 8.59. The number of fused-ring (bicyclic) bond motifs is 1. The molecule has 164 valence electrons. The van der Waals surface area contributed by atoms with E-state index in [9.17, 15) is 0 Å². The van der Waals surface area contributed by atoms with E-state index in [1.165, 1.54) is 38.7 Å². The summed E-state index contributed by atoms with van der Waals surface area (Å²) in [6, 6.07) is 30.3. The Hall–Kier alpha value is -3.85. The third-order valence-electron chi connectivity index (χ3n) is 6.41. The largest absolute Gasteiger partial charge is 0.497 e. The highest BCUT2D eigenvalue weighted by atomic mass is 16.5. The molecule has 5 rings (SSSR count). The van der Waals surface area contributed by atoms with Gasteiger partial charge in [-0.2, -0.15) is 0 Å². The van der Waals surface area contributed by atoms with E-state index in [1.54, 1.807) is 7.11 Å². The summed E-state index contributed by atoms with van der Waals surface area (Å²) < 4.78 is 7.68. The van der Waals surface area contributed by atoms with Crippen LogP contribution in [0.4, 0.5) is 0 Å². The van der Waals surface area contributed by atoms with Crippen molar-refractivity contribution in [3.8, 4) is 5.75 Å². The summed E-state index contributed by atoms with van der Waals surface area (Å²) in [6.07, 6.45) is 6.96. The Kier molecular flexibility index (Phi) is 5.95. The summed E-state index contributed by atoms with van der Waals surface area (Å²) >= 11 is 0. The number of rotatable bonds is 7. The maximum absolute atomic E-state index is 5.32. The second kappa shape index (κ2) is 9.33. The lowest BCUT2D eigenvalue weighted by molar-refractivity contribution is 0.414. The number of pyridine rings is 1. The van der Waals surface area contributed by atoms with Gasteiger partial charge in [-0.25, -0.2) is 0 Å². The highest BCUT2D eigenvalue weighted by Crippen LogP contribution is 2.32. The predicted molar refractivity (Wildman–Crippen MR) is 135 cm³/mol. The van der Waals surface area contributed by atoms with Crippen LogP contribution in [0.3, 0.4) is 0 Å². The van der Waals surface area contributed by atoms with E-state index in [2.05, 4.69) is 95.5 Å². The molecule has 0 spiro atoms.